The van der Waals surface area contributed by atoms with E-state index in [2.05, 4.69) is 15.5 Å². The first-order valence-electron chi connectivity index (χ1n) is 3.12. The van der Waals surface area contributed by atoms with E-state index >= 15 is 0 Å². The molecular formula is C8H4NO2. The molecule has 0 aliphatic rings. The molecule has 0 aliphatic heterocycles. The molecule has 3 nitrogen and oxygen atoms in total. The fourth-order valence-corrected chi connectivity index (χ4v) is 0.870. The highest BCUT2D eigenvalue weighted by Gasteiger charge is 1.93. The van der Waals surface area contributed by atoms with Crippen molar-refractivity contribution in [3.63, 3.8) is 0 Å². The van der Waals surface area contributed by atoms with Gasteiger partial charge in [-0.2, -0.15) is 4.98 Å². The largest absolute Gasteiger partial charge is 0.439 e. The average molecular weight is 146 g/mol. The second-order valence-electron chi connectivity index (χ2n) is 2.10. The zero-order valence-corrected chi connectivity index (χ0v) is 5.57. The molecule has 0 aliphatic carbocycles. The third-order valence-corrected chi connectivity index (χ3v) is 1.37. The van der Waals surface area contributed by atoms with Crippen molar-refractivity contribution in [2.75, 3.05) is 0 Å². The molecule has 3 heteroatoms. The SMILES string of the molecule is O=c1nc2cc[c]cc2co1. The minimum absolute atomic E-state index is 0.566. The Morgan fingerprint density at radius 1 is 1.55 bits per heavy atom. The minimum atomic E-state index is -0.566. The Morgan fingerprint density at radius 3 is 3.36 bits per heavy atom. The lowest BCUT2D eigenvalue weighted by Gasteiger charge is -1.89. The zero-order chi connectivity index (χ0) is 7.68. The summed E-state index contributed by atoms with van der Waals surface area (Å²) in [7, 11) is 0. The summed E-state index contributed by atoms with van der Waals surface area (Å²) in [4.78, 5) is 14.2. The van der Waals surface area contributed by atoms with Crippen LogP contribution in [0.4, 0.5) is 0 Å². The molecule has 0 atom stereocenters. The van der Waals surface area contributed by atoms with Gasteiger partial charge < -0.3 is 4.42 Å². The first-order valence-corrected chi connectivity index (χ1v) is 3.12. The van der Waals surface area contributed by atoms with E-state index in [1.165, 1.54) is 6.26 Å². The average Bonchev–Trinajstić information content (AvgIpc) is 2.04. The third-order valence-electron chi connectivity index (χ3n) is 1.37. The number of rotatable bonds is 0. The van der Waals surface area contributed by atoms with Crippen molar-refractivity contribution >= 4 is 10.9 Å². The lowest BCUT2D eigenvalue weighted by molar-refractivity contribution is 0.493. The molecule has 0 saturated carbocycles. The predicted molar refractivity (Wildman–Crippen MR) is 39.1 cm³/mol. The molecular weight excluding hydrogens is 142 g/mol. The quantitative estimate of drug-likeness (QED) is 0.556. The Labute approximate surface area is 62.3 Å². The van der Waals surface area contributed by atoms with Crippen molar-refractivity contribution < 1.29 is 4.42 Å². The van der Waals surface area contributed by atoms with Crippen molar-refractivity contribution in [3.05, 3.63) is 41.1 Å². The molecule has 2 aromatic rings. The second-order valence-corrected chi connectivity index (χ2v) is 2.10. The Balaban J connectivity index is 2.94. The predicted octanol–water partition coefficient (Wildman–Crippen LogP) is 0.988. The zero-order valence-electron chi connectivity index (χ0n) is 5.57. The fourth-order valence-electron chi connectivity index (χ4n) is 0.870. The smallest absolute Gasteiger partial charge is 0.416 e. The van der Waals surface area contributed by atoms with Crippen LogP contribution in [0.2, 0.25) is 0 Å². The first-order chi connectivity index (χ1) is 5.36. The fraction of sp³-hybridized carbons (Fsp3) is 0. The lowest BCUT2D eigenvalue weighted by atomic mass is 10.2. The molecule has 0 unspecified atom stereocenters. The van der Waals surface area contributed by atoms with Crippen molar-refractivity contribution in [1.29, 1.82) is 0 Å². The van der Waals surface area contributed by atoms with E-state index in [0.29, 0.717) is 5.52 Å². The van der Waals surface area contributed by atoms with Crippen molar-refractivity contribution in [1.82, 2.24) is 4.98 Å². The number of fused-ring (bicyclic) bond motifs is 1. The molecule has 53 valence electrons. The summed E-state index contributed by atoms with van der Waals surface area (Å²) in [6.07, 6.45) is 1.38. The van der Waals surface area contributed by atoms with Crippen LogP contribution in [0.5, 0.6) is 0 Å². The van der Waals surface area contributed by atoms with E-state index in [9.17, 15) is 4.79 Å². The summed E-state index contributed by atoms with van der Waals surface area (Å²) in [6, 6.07) is 7.98. The number of nitrogens with zero attached hydrogens (tertiary/aromatic N) is 1. The van der Waals surface area contributed by atoms with Crippen LogP contribution in [0.1, 0.15) is 0 Å². The van der Waals surface area contributed by atoms with Crippen LogP contribution in [0.15, 0.2) is 33.7 Å². The summed E-state index contributed by atoms with van der Waals surface area (Å²) in [5, 5.41) is 0.784. The van der Waals surface area contributed by atoms with E-state index in [-0.39, 0.29) is 0 Å². The van der Waals surface area contributed by atoms with Crippen LogP contribution >= 0.6 is 0 Å². The van der Waals surface area contributed by atoms with Gasteiger partial charge >= 0.3 is 5.76 Å². The van der Waals surface area contributed by atoms with Gasteiger partial charge in [-0.25, -0.2) is 4.79 Å². The number of benzene rings is 1. The summed E-state index contributed by atoms with van der Waals surface area (Å²) in [5.41, 5.74) is 0.639. The molecule has 1 radical (unpaired) electrons. The Morgan fingerprint density at radius 2 is 2.45 bits per heavy atom. The maximum Gasteiger partial charge on any atom is 0.439 e. The molecule has 0 saturated heterocycles. The Hall–Kier alpha value is -1.64. The van der Waals surface area contributed by atoms with Gasteiger partial charge in [-0.3, -0.25) is 0 Å². The van der Waals surface area contributed by atoms with Gasteiger partial charge in [-0.15, -0.1) is 0 Å². The van der Waals surface area contributed by atoms with Gasteiger partial charge in [0.1, 0.15) is 6.26 Å². The molecule has 1 aromatic heterocycles. The topological polar surface area (TPSA) is 43.1 Å². The van der Waals surface area contributed by atoms with Crippen LogP contribution in [0.3, 0.4) is 0 Å². The standard InChI is InChI=1S/C8H4NO2/c10-8-9-7-4-2-1-3-6(7)5-11-8/h2-5H. The number of hydrogen-bond donors (Lipinski definition) is 0. The molecule has 2 rings (SSSR count). The monoisotopic (exact) mass is 146 g/mol. The lowest BCUT2D eigenvalue weighted by Crippen LogP contribution is -2.01. The molecule has 1 aromatic carbocycles. The van der Waals surface area contributed by atoms with E-state index < -0.39 is 5.76 Å². The van der Waals surface area contributed by atoms with Gasteiger partial charge in [0, 0.05) is 5.39 Å². The normalized spacial score (nSPS) is 10.2. The van der Waals surface area contributed by atoms with Gasteiger partial charge in [0.2, 0.25) is 0 Å². The van der Waals surface area contributed by atoms with Crippen LogP contribution in [-0.4, -0.2) is 4.98 Å². The molecule has 0 fully saturated rings. The molecule has 0 bridgehead atoms. The van der Waals surface area contributed by atoms with Crippen molar-refractivity contribution in [2.45, 2.75) is 0 Å². The van der Waals surface area contributed by atoms with E-state index in [1.807, 2.05) is 0 Å². The minimum Gasteiger partial charge on any atom is -0.416 e. The van der Waals surface area contributed by atoms with E-state index in [0.717, 1.165) is 5.39 Å². The summed E-state index contributed by atoms with van der Waals surface area (Å²) in [5.74, 6) is -0.566. The third kappa shape index (κ3) is 1.00. The van der Waals surface area contributed by atoms with Gasteiger partial charge in [0.25, 0.3) is 0 Å². The van der Waals surface area contributed by atoms with Crippen LogP contribution in [0, 0.1) is 6.07 Å². The van der Waals surface area contributed by atoms with Gasteiger partial charge in [0.15, 0.2) is 0 Å². The highest BCUT2D eigenvalue weighted by atomic mass is 16.4. The molecule has 0 amide bonds. The highest BCUT2D eigenvalue weighted by molar-refractivity contribution is 5.76. The van der Waals surface area contributed by atoms with Crippen molar-refractivity contribution in [3.8, 4) is 0 Å². The molecule has 0 N–H and O–H groups in total. The highest BCUT2D eigenvalue weighted by Crippen LogP contribution is 2.05. The molecule has 11 heavy (non-hydrogen) atoms. The van der Waals surface area contributed by atoms with Crippen molar-refractivity contribution in [2.24, 2.45) is 0 Å². The van der Waals surface area contributed by atoms with Gasteiger partial charge in [-0.05, 0) is 18.2 Å². The van der Waals surface area contributed by atoms with Crippen LogP contribution < -0.4 is 5.76 Å². The maximum atomic E-state index is 10.6. The van der Waals surface area contributed by atoms with E-state index in [1.54, 1.807) is 18.2 Å². The molecule has 1 heterocycles. The van der Waals surface area contributed by atoms with Crippen LogP contribution in [-0.2, 0) is 0 Å². The summed E-state index contributed by atoms with van der Waals surface area (Å²) < 4.78 is 4.55. The summed E-state index contributed by atoms with van der Waals surface area (Å²) >= 11 is 0. The Kier molecular flexibility index (Phi) is 1.22. The Bertz CT molecular complexity index is 433. The first kappa shape index (κ1) is 6.09. The molecule has 0 spiro atoms. The van der Waals surface area contributed by atoms with Crippen LogP contribution in [0.25, 0.3) is 10.9 Å². The van der Waals surface area contributed by atoms with Gasteiger partial charge in [0.05, 0.1) is 5.52 Å². The summed E-state index contributed by atoms with van der Waals surface area (Å²) in [6.45, 7) is 0. The second kappa shape index (κ2) is 2.20. The maximum absolute atomic E-state index is 10.6. The van der Waals surface area contributed by atoms with E-state index in [4.69, 9.17) is 0 Å². The number of aromatic nitrogens is 1. The number of hydrogen-bond acceptors (Lipinski definition) is 3. The van der Waals surface area contributed by atoms with Gasteiger partial charge in [-0.1, -0.05) is 6.07 Å².